The molecule has 17 heavy (non-hydrogen) atoms. The number of nitrogens with one attached hydrogen (secondary N) is 1. The molecule has 0 aliphatic rings. The minimum absolute atomic E-state index is 0.490. The van der Waals surface area contributed by atoms with Gasteiger partial charge in [-0.05, 0) is 37.8 Å². The van der Waals surface area contributed by atoms with E-state index in [1.54, 1.807) is 0 Å². The number of terminal acetylenes is 1. The summed E-state index contributed by atoms with van der Waals surface area (Å²) in [5, 5.41) is 3.51. The van der Waals surface area contributed by atoms with Crippen LogP contribution < -0.4 is 5.32 Å². The molecule has 0 amide bonds. The Kier molecular flexibility index (Phi) is 7.18. The molecule has 1 rings (SSSR count). The Morgan fingerprint density at radius 2 is 2.06 bits per heavy atom. The van der Waals surface area contributed by atoms with Crippen LogP contribution in [0.3, 0.4) is 0 Å². The monoisotopic (exact) mass is 229 g/mol. The van der Waals surface area contributed by atoms with E-state index < -0.39 is 0 Å². The van der Waals surface area contributed by atoms with Gasteiger partial charge in [0, 0.05) is 12.5 Å². The van der Waals surface area contributed by atoms with E-state index in [4.69, 9.17) is 6.42 Å². The average Bonchev–Trinajstić information content (AvgIpc) is 2.37. The Balaban J connectivity index is 2.24. The summed E-state index contributed by atoms with van der Waals surface area (Å²) in [7, 11) is 0. The fraction of sp³-hybridized carbons (Fsp3) is 0.500. The van der Waals surface area contributed by atoms with Crippen LogP contribution in [0, 0.1) is 12.3 Å². The van der Waals surface area contributed by atoms with Gasteiger partial charge in [0.25, 0.3) is 0 Å². The molecule has 1 aromatic rings. The van der Waals surface area contributed by atoms with E-state index >= 15 is 0 Å². The Labute approximate surface area is 106 Å². The number of rotatable bonds is 8. The van der Waals surface area contributed by atoms with Gasteiger partial charge in [-0.25, -0.2) is 0 Å². The number of aryl methyl sites for hydroxylation is 1. The molecule has 0 saturated carbocycles. The third-order valence-electron chi connectivity index (χ3n) is 2.91. The lowest BCUT2D eigenvalue weighted by Crippen LogP contribution is -2.29. The van der Waals surface area contributed by atoms with Gasteiger partial charge in [-0.2, -0.15) is 0 Å². The van der Waals surface area contributed by atoms with E-state index in [1.807, 2.05) is 0 Å². The van der Waals surface area contributed by atoms with Crippen molar-refractivity contribution in [3.63, 3.8) is 0 Å². The van der Waals surface area contributed by atoms with Gasteiger partial charge in [0.05, 0.1) is 0 Å². The molecule has 0 aromatic heterocycles. The van der Waals surface area contributed by atoms with Crippen molar-refractivity contribution < 1.29 is 0 Å². The summed E-state index contributed by atoms with van der Waals surface area (Å²) in [5.74, 6) is 2.76. The summed E-state index contributed by atoms with van der Waals surface area (Å²) in [6.45, 7) is 3.25. The van der Waals surface area contributed by atoms with Crippen molar-refractivity contribution >= 4 is 0 Å². The zero-order valence-corrected chi connectivity index (χ0v) is 10.8. The topological polar surface area (TPSA) is 12.0 Å². The van der Waals surface area contributed by atoms with Gasteiger partial charge in [-0.15, -0.1) is 12.3 Å². The quantitative estimate of drug-likeness (QED) is 0.674. The maximum absolute atomic E-state index is 5.39. The molecule has 1 aromatic carbocycles. The zero-order valence-electron chi connectivity index (χ0n) is 10.8. The highest BCUT2D eigenvalue weighted by Crippen LogP contribution is 2.08. The molecule has 1 atom stereocenters. The predicted octanol–water partition coefficient (Wildman–Crippen LogP) is 3.40. The van der Waals surface area contributed by atoms with Crippen LogP contribution in [-0.4, -0.2) is 12.6 Å². The second-order valence-electron chi connectivity index (χ2n) is 4.44. The Bertz CT molecular complexity index is 323. The van der Waals surface area contributed by atoms with Crippen molar-refractivity contribution in [3.05, 3.63) is 35.9 Å². The molecule has 92 valence electrons. The van der Waals surface area contributed by atoms with Crippen LogP contribution in [0.5, 0.6) is 0 Å². The van der Waals surface area contributed by atoms with Gasteiger partial charge < -0.3 is 5.32 Å². The Morgan fingerprint density at radius 1 is 1.29 bits per heavy atom. The van der Waals surface area contributed by atoms with Gasteiger partial charge in [0.15, 0.2) is 0 Å². The van der Waals surface area contributed by atoms with E-state index in [1.165, 1.54) is 24.8 Å². The van der Waals surface area contributed by atoms with Crippen LogP contribution in [0.25, 0.3) is 0 Å². The summed E-state index contributed by atoms with van der Waals surface area (Å²) in [4.78, 5) is 0. The second-order valence-corrected chi connectivity index (χ2v) is 4.44. The van der Waals surface area contributed by atoms with Crippen LogP contribution in [0.1, 0.15) is 38.2 Å². The first kappa shape index (κ1) is 13.8. The minimum Gasteiger partial charge on any atom is -0.313 e. The van der Waals surface area contributed by atoms with Crippen molar-refractivity contribution in [2.45, 2.75) is 45.1 Å². The van der Waals surface area contributed by atoms with Gasteiger partial charge >= 0.3 is 0 Å². The molecule has 0 aliphatic heterocycles. The lowest BCUT2D eigenvalue weighted by atomic mass is 10.0. The van der Waals surface area contributed by atoms with Gasteiger partial charge in [0.2, 0.25) is 0 Å². The standard InChI is InChI=1S/C16H23N/c1-3-9-16(17-14-4-2)13-8-12-15-10-6-5-7-11-15/h1,5-7,10-11,16-17H,4,8-9,12-14H2,2H3. The summed E-state index contributed by atoms with van der Waals surface area (Å²) in [5.41, 5.74) is 1.42. The van der Waals surface area contributed by atoms with Gasteiger partial charge in [0.1, 0.15) is 0 Å². The Morgan fingerprint density at radius 3 is 2.71 bits per heavy atom. The minimum atomic E-state index is 0.490. The van der Waals surface area contributed by atoms with Crippen LogP contribution in [-0.2, 0) is 6.42 Å². The molecule has 0 saturated heterocycles. The van der Waals surface area contributed by atoms with Crippen molar-refractivity contribution in [2.24, 2.45) is 0 Å². The zero-order chi connectivity index (χ0) is 12.3. The van der Waals surface area contributed by atoms with Crippen molar-refractivity contribution in [1.29, 1.82) is 0 Å². The molecule has 1 nitrogen and oxygen atoms in total. The van der Waals surface area contributed by atoms with E-state index in [0.717, 1.165) is 19.4 Å². The normalized spacial score (nSPS) is 12.0. The lowest BCUT2D eigenvalue weighted by molar-refractivity contribution is 0.475. The number of hydrogen-bond acceptors (Lipinski definition) is 1. The highest BCUT2D eigenvalue weighted by atomic mass is 14.9. The molecular weight excluding hydrogens is 206 g/mol. The first-order valence-electron chi connectivity index (χ1n) is 6.57. The fourth-order valence-corrected chi connectivity index (χ4v) is 1.96. The van der Waals surface area contributed by atoms with Crippen LogP contribution >= 0.6 is 0 Å². The summed E-state index contributed by atoms with van der Waals surface area (Å²) in [6.07, 6.45) is 10.9. The lowest BCUT2D eigenvalue weighted by Gasteiger charge is -2.15. The van der Waals surface area contributed by atoms with Crippen LogP contribution in [0.4, 0.5) is 0 Å². The SMILES string of the molecule is C#CCC(CCCc1ccccc1)NCCC. The second kappa shape index (κ2) is 8.84. The third kappa shape index (κ3) is 6.14. The largest absolute Gasteiger partial charge is 0.313 e. The number of benzene rings is 1. The predicted molar refractivity (Wildman–Crippen MR) is 74.9 cm³/mol. The summed E-state index contributed by atoms with van der Waals surface area (Å²) >= 11 is 0. The molecule has 1 N–H and O–H groups in total. The average molecular weight is 229 g/mol. The molecule has 0 heterocycles. The molecule has 0 aliphatic carbocycles. The van der Waals surface area contributed by atoms with Crippen LogP contribution in [0.2, 0.25) is 0 Å². The molecule has 0 radical (unpaired) electrons. The van der Waals surface area contributed by atoms with Gasteiger partial charge in [-0.1, -0.05) is 37.3 Å². The highest BCUT2D eigenvalue weighted by Gasteiger charge is 2.05. The molecule has 0 spiro atoms. The first-order chi connectivity index (χ1) is 8.36. The smallest absolute Gasteiger partial charge is 0.0240 e. The summed E-state index contributed by atoms with van der Waals surface area (Å²) in [6, 6.07) is 11.1. The molecule has 0 bridgehead atoms. The highest BCUT2D eigenvalue weighted by molar-refractivity contribution is 5.14. The first-order valence-corrected chi connectivity index (χ1v) is 6.57. The molecule has 1 heteroatoms. The molecular formula is C16H23N. The molecule has 1 unspecified atom stereocenters. The van der Waals surface area contributed by atoms with Crippen molar-refractivity contribution in [2.75, 3.05) is 6.54 Å². The van der Waals surface area contributed by atoms with E-state index in [2.05, 4.69) is 48.5 Å². The van der Waals surface area contributed by atoms with Crippen LogP contribution in [0.15, 0.2) is 30.3 Å². The molecule has 0 fully saturated rings. The van der Waals surface area contributed by atoms with Crippen molar-refractivity contribution in [1.82, 2.24) is 5.32 Å². The van der Waals surface area contributed by atoms with E-state index in [-0.39, 0.29) is 0 Å². The fourth-order valence-electron chi connectivity index (χ4n) is 1.96. The van der Waals surface area contributed by atoms with E-state index in [0.29, 0.717) is 6.04 Å². The van der Waals surface area contributed by atoms with E-state index in [9.17, 15) is 0 Å². The maximum atomic E-state index is 5.39. The number of hydrogen-bond donors (Lipinski definition) is 1. The van der Waals surface area contributed by atoms with Crippen molar-refractivity contribution in [3.8, 4) is 12.3 Å². The third-order valence-corrected chi connectivity index (χ3v) is 2.91. The Hall–Kier alpha value is -1.26. The van der Waals surface area contributed by atoms with Gasteiger partial charge in [-0.3, -0.25) is 0 Å². The maximum Gasteiger partial charge on any atom is 0.0240 e. The summed E-state index contributed by atoms with van der Waals surface area (Å²) < 4.78 is 0.